The van der Waals surface area contributed by atoms with Gasteiger partial charge in [-0.2, -0.15) is 0 Å². The smallest absolute Gasteiger partial charge is 0.247 e. The van der Waals surface area contributed by atoms with Crippen LogP contribution in [-0.4, -0.2) is 10.2 Å². The standard InChI is InChI=1S/C16H13BrN2OS/c1-11(21-14-9-7-13(17)8-10-14)15-18-19-16(20-15)12-5-3-2-4-6-12/h2-11H,1H3/t11-/m1/s1. The van der Waals surface area contributed by atoms with E-state index in [-0.39, 0.29) is 5.25 Å². The normalized spacial score (nSPS) is 12.3. The van der Waals surface area contributed by atoms with Crippen LogP contribution in [0.1, 0.15) is 18.1 Å². The summed E-state index contributed by atoms with van der Waals surface area (Å²) < 4.78 is 6.85. The monoisotopic (exact) mass is 360 g/mol. The van der Waals surface area contributed by atoms with Crippen molar-refractivity contribution < 1.29 is 4.42 Å². The van der Waals surface area contributed by atoms with Crippen LogP contribution in [0.5, 0.6) is 0 Å². The Morgan fingerprint density at radius 3 is 2.43 bits per heavy atom. The highest BCUT2D eigenvalue weighted by Crippen LogP contribution is 2.35. The average Bonchev–Trinajstić information content (AvgIpc) is 3.00. The van der Waals surface area contributed by atoms with Crippen LogP contribution >= 0.6 is 27.7 Å². The molecule has 1 aromatic heterocycles. The average molecular weight is 361 g/mol. The second kappa shape index (κ2) is 6.45. The molecule has 21 heavy (non-hydrogen) atoms. The number of thioether (sulfide) groups is 1. The number of aromatic nitrogens is 2. The van der Waals surface area contributed by atoms with Crippen LogP contribution in [0.2, 0.25) is 0 Å². The van der Waals surface area contributed by atoms with Crippen LogP contribution in [0.25, 0.3) is 11.5 Å². The van der Waals surface area contributed by atoms with Gasteiger partial charge in [-0.3, -0.25) is 0 Å². The van der Waals surface area contributed by atoms with Crippen LogP contribution in [0.15, 0.2) is 68.4 Å². The summed E-state index contributed by atoms with van der Waals surface area (Å²) in [5.41, 5.74) is 0.942. The summed E-state index contributed by atoms with van der Waals surface area (Å²) in [6.45, 7) is 2.06. The molecule has 0 aliphatic heterocycles. The maximum absolute atomic E-state index is 5.78. The summed E-state index contributed by atoms with van der Waals surface area (Å²) in [4.78, 5) is 1.17. The molecule has 3 nitrogen and oxygen atoms in total. The summed E-state index contributed by atoms with van der Waals surface area (Å²) in [5, 5.41) is 8.39. The summed E-state index contributed by atoms with van der Waals surface area (Å²) in [5.74, 6) is 1.20. The van der Waals surface area contributed by atoms with E-state index in [1.165, 1.54) is 4.90 Å². The highest BCUT2D eigenvalue weighted by molar-refractivity contribution is 9.10. The van der Waals surface area contributed by atoms with Gasteiger partial charge >= 0.3 is 0 Å². The second-order valence-electron chi connectivity index (χ2n) is 4.53. The number of hydrogen-bond donors (Lipinski definition) is 0. The topological polar surface area (TPSA) is 38.9 Å². The van der Waals surface area contributed by atoms with E-state index >= 15 is 0 Å². The van der Waals surface area contributed by atoms with Gasteiger partial charge < -0.3 is 4.42 Å². The number of benzene rings is 2. The first-order chi connectivity index (χ1) is 10.2. The lowest BCUT2D eigenvalue weighted by Gasteiger charge is -2.06. The van der Waals surface area contributed by atoms with Crippen molar-refractivity contribution in [2.24, 2.45) is 0 Å². The molecular formula is C16H13BrN2OS. The van der Waals surface area contributed by atoms with Crippen LogP contribution in [0.4, 0.5) is 0 Å². The maximum atomic E-state index is 5.78. The number of rotatable bonds is 4. The van der Waals surface area contributed by atoms with Gasteiger partial charge in [0, 0.05) is 14.9 Å². The molecule has 0 bridgehead atoms. The van der Waals surface area contributed by atoms with E-state index in [0.29, 0.717) is 11.8 Å². The number of nitrogens with zero attached hydrogens (tertiary/aromatic N) is 2. The summed E-state index contributed by atoms with van der Waals surface area (Å²) >= 11 is 5.13. The quantitative estimate of drug-likeness (QED) is 0.587. The Kier molecular flexibility index (Phi) is 4.41. The molecule has 0 unspecified atom stereocenters. The van der Waals surface area contributed by atoms with Gasteiger partial charge in [-0.05, 0) is 43.3 Å². The molecule has 0 saturated carbocycles. The highest BCUT2D eigenvalue weighted by Gasteiger charge is 2.16. The molecule has 3 rings (SSSR count). The minimum absolute atomic E-state index is 0.108. The van der Waals surface area contributed by atoms with Gasteiger partial charge in [0.25, 0.3) is 0 Å². The van der Waals surface area contributed by atoms with Gasteiger partial charge in [0.2, 0.25) is 11.8 Å². The lowest BCUT2D eigenvalue weighted by atomic mass is 10.2. The summed E-state index contributed by atoms with van der Waals surface area (Å²) in [6, 6.07) is 18.0. The molecule has 0 saturated heterocycles. The molecule has 1 atom stereocenters. The van der Waals surface area contributed by atoms with E-state index in [2.05, 4.69) is 45.2 Å². The molecule has 0 radical (unpaired) electrons. The van der Waals surface area contributed by atoms with Crippen LogP contribution in [0.3, 0.4) is 0 Å². The van der Waals surface area contributed by atoms with Gasteiger partial charge in [0.15, 0.2) is 0 Å². The second-order valence-corrected chi connectivity index (χ2v) is 6.86. The maximum Gasteiger partial charge on any atom is 0.247 e. The van der Waals surface area contributed by atoms with Crippen molar-refractivity contribution >= 4 is 27.7 Å². The van der Waals surface area contributed by atoms with Gasteiger partial charge in [0.1, 0.15) is 0 Å². The van der Waals surface area contributed by atoms with Crippen molar-refractivity contribution in [2.75, 3.05) is 0 Å². The van der Waals surface area contributed by atoms with E-state index < -0.39 is 0 Å². The van der Waals surface area contributed by atoms with Crippen molar-refractivity contribution in [3.63, 3.8) is 0 Å². The SMILES string of the molecule is C[C@@H](Sc1ccc(Br)cc1)c1nnc(-c2ccccc2)o1. The Labute approximate surface area is 135 Å². The van der Waals surface area contributed by atoms with Crippen molar-refractivity contribution in [2.45, 2.75) is 17.1 Å². The van der Waals surface area contributed by atoms with Crippen LogP contribution < -0.4 is 0 Å². The van der Waals surface area contributed by atoms with Gasteiger partial charge in [-0.15, -0.1) is 22.0 Å². The highest BCUT2D eigenvalue weighted by atomic mass is 79.9. The van der Waals surface area contributed by atoms with E-state index in [4.69, 9.17) is 4.42 Å². The zero-order valence-electron chi connectivity index (χ0n) is 11.4. The summed E-state index contributed by atoms with van der Waals surface area (Å²) in [7, 11) is 0. The summed E-state index contributed by atoms with van der Waals surface area (Å²) in [6.07, 6.45) is 0. The molecule has 3 aromatic rings. The third-order valence-electron chi connectivity index (χ3n) is 2.94. The largest absolute Gasteiger partial charge is 0.419 e. The van der Waals surface area contributed by atoms with Gasteiger partial charge in [-0.1, -0.05) is 34.1 Å². The first kappa shape index (κ1) is 14.4. The molecule has 0 spiro atoms. The van der Waals surface area contributed by atoms with E-state index in [1.54, 1.807) is 11.8 Å². The predicted octanol–water partition coefficient (Wildman–Crippen LogP) is 5.35. The lowest BCUT2D eigenvalue weighted by Crippen LogP contribution is -1.88. The Balaban J connectivity index is 1.75. The predicted molar refractivity (Wildman–Crippen MR) is 88.1 cm³/mol. The zero-order valence-corrected chi connectivity index (χ0v) is 13.8. The molecule has 5 heteroatoms. The molecule has 0 amide bonds. The van der Waals surface area contributed by atoms with Crippen molar-refractivity contribution in [1.29, 1.82) is 0 Å². The van der Waals surface area contributed by atoms with Crippen molar-refractivity contribution in [3.8, 4) is 11.5 Å². The molecular weight excluding hydrogens is 348 g/mol. The third-order valence-corrected chi connectivity index (χ3v) is 4.56. The van der Waals surface area contributed by atoms with E-state index in [1.807, 2.05) is 42.5 Å². The number of halogens is 1. The zero-order chi connectivity index (χ0) is 14.7. The van der Waals surface area contributed by atoms with Crippen LogP contribution in [0, 0.1) is 0 Å². The Morgan fingerprint density at radius 1 is 1.00 bits per heavy atom. The Morgan fingerprint density at radius 2 is 1.71 bits per heavy atom. The molecule has 0 fully saturated rings. The Bertz CT molecular complexity index is 713. The minimum Gasteiger partial charge on any atom is -0.419 e. The Hall–Kier alpha value is -1.59. The molecule has 1 heterocycles. The minimum atomic E-state index is 0.108. The third kappa shape index (κ3) is 3.54. The fourth-order valence-corrected chi connectivity index (χ4v) is 3.03. The lowest BCUT2D eigenvalue weighted by molar-refractivity contribution is 0.509. The molecule has 2 aromatic carbocycles. The molecule has 0 N–H and O–H groups in total. The van der Waals surface area contributed by atoms with Gasteiger partial charge in [-0.25, -0.2) is 0 Å². The number of hydrogen-bond acceptors (Lipinski definition) is 4. The van der Waals surface area contributed by atoms with Gasteiger partial charge in [0.05, 0.1) is 5.25 Å². The van der Waals surface area contributed by atoms with E-state index in [9.17, 15) is 0 Å². The van der Waals surface area contributed by atoms with Crippen molar-refractivity contribution in [1.82, 2.24) is 10.2 Å². The van der Waals surface area contributed by atoms with Crippen molar-refractivity contribution in [3.05, 3.63) is 65.0 Å². The molecule has 0 aliphatic rings. The molecule has 106 valence electrons. The fourth-order valence-electron chi connectivity index (χ4n) is 1.86. The first-order valence-corrected chi connectivity index (χ1v) is 8.20. The molecule has 0 aliphatic carbocycles. The fraction of sp³-hybridized carbons (Fsp3) is 0.125. The van der Waals surface area contributed by atoms with Crippen LogP contribution in [-0.2, 0) is 0 Å². The first-order valence-electron chi connectivity index (χ1n) is 6.53. The van der Waals surface area contributed by atoms with E-state index in [0.717, 1.165) is 10.0 Å².